The molecule has 0 bridgehead atoms. The minimum Gasteiger partial charge on any atom is -0.325 e. The van der Waals surface area contributed by atoms with Crippen molar-refractivity contribution in [2.24, 2.45) is 0 Å². The normalized spacial score (nSPS) is 11.0. The van der Waals surface area contributed by atoms with Crippen molar-refractivity contribution >= 4 is 34.4 Å². The molecule has 29 heavy (non-hydrogen) atoms. The molecule has 8 nitrogen and oxygen atoms in total. The molecule has 146 valence electrons. The zero-order valence-electron chi connectivity index (χ0n) is 15.8. The molecule has 0 saturated carbocycles. The molecule has 4 aromatic rings. The number of aromatic nitrogens is 5. The third-order valence-electron chi connectivity index (χ3n) is 4.32. The highest BCUT2D eigenvalue weighted by Gasteiger charge is 2.15. The molecule has 1 amide bonds. The largest absolute Gasteiger partial charge is 0.325 e. The average molecular weight is 409 g/mol. The molecule has 0 aliphatic rings. The summed E-state index contributed by atoms with van der Waals surface area (Å²) in [6.07, 6.45) is 1.33. The summed E-state index contributed by atoms with van der Waals surface area (Å²) in [6, 6.07) is 12.6. The number of carbonyl (C=O) groups excluding carboxylic acids is 1. The van der Waals surface area contributed by atoms with Gasteiger partial charge in [-0.25, -0.2) is 4.98 Å². The van der Waals surface area contributed by atoms with Crippen molar-refractivity contribution in [3.63, 3.8) is 0 Å². The Kier molecular flexibility index (Phi) is 4.85. The van der Waals surface area contributed by atoms with Crippen LogP contribution in [0.2, 0.25) is 5.02 Å². The highest BCUT2D eigenvalue weighted by Crippen LogP contribution is 2.16. The fourth-order valence-corrected chi connectivity index (χ4v) is 3.22. The number of carbonyl (C=O) groups is 1. The van der Waals surface area contributed by atoms with Crippen LogP contribution in [0.5, 0.6) is 0 Å². The van der Waals surface area contributed by atoms with Crippen molar-refractivity contribution in [2.45, 2.75) is 20.4 Å². The molecule has 1 N–H and O–H groups in total. The van der Waals surface area contributed by atoms with Gasteiger partial charge in [-0.15, -0.1) is 5.10 Å². The quantitative estimate of drug-likeness (QED) is 0.560. The van der Waals surface area contributed by atoms with E-state index in [0.717, 1.165) is 16.8 Å². The molecule has 0 saturated heterocycles. The van der Waals surface area contributed by atoms with Crippen LogP contribution in [0.1, 0.15) is 11.1 Å². The van der Waals surface area contributed by atoms with Crippen molar-refractivity contribution < 1.29 is 4.79 Å². The first kappa shape index (κ1) is 18.8. The molecule has 2 heterocycles. The minimum absolute atomic E-state index is 0.103. The lowest BCUT2D eigenvalue weighted by molar-refractivity contribution is -0.116. The van der Waals surface area contributed by atoms with Crippen LogP contribution < -0.4 is 10.9 Å². The van der Waals surface area contributed by atoms with Gasteiger partial charge in [-0.05, 0) is 61.4 Å². The lowest BCUT2D eigenvalue weighted by Gasteiger charge is -2.08. The van der Waals surface area contributed by atoms with Gasteiger partial charge in [0.1, 0.15) is 12.9 Å². The van der Waals surface area contributed by atoms with Crippen LogP contribution in [0.3, 0.4) is 0 Å². The molecule has 2 aromatic carbocycles. The van der Waals surface area contributed by atoms with Gasteiger partial charge in [-0.3, -0.25) is 14.2 Å². The predicted molar refractivity (Wildman–Crippen MR) is 110 cm³/mol. The highest BCUT2D eigenvalue weighted by atomic mass is 35.5. The Labute approximate surface area is 170 Å². The van der Waals surface area contributed by atoms with Crippen LogP contribution in [0.4, 0.5) is 5.69 Å². The number of amides is 1. The van der Waals surface area contributed by atoms with Gasteiger partial charge in [0.05, 0.1) is 5.69 Å². The van der Waals surface area contributed by atoms with E-state index in [1.807, 2.05) is 32.0 Å². The van der Waals surface area contributed by atoms with Crippen molar-refractivity contribution in [1.82, 2.24) is 24.5 Å². The number of fused-ring (bicyclic) bond motifs is 1. The molecule has 0 atom stereocenters. The fourth-order valence-electron chi connectivity index (χ4n) is 3.09. The number of hydrogen-bond acceptors (Lipinski definition) is 5. The second kappa shape index (κ2) is 7.48. The maximum atomic E-state index is 12.7. The zero-order chi connectivity index (χ0) is 20.5. The lowest BCUT2D eigenvalue weighted by Crippen LogP contribution is -2.28. The van der Waals surface area contributed by atoms with Gasteiger partial charge in [0.2, 0.25) is 5.91 Å². The molecule has 2 aromatic heterocycles. The number of nitrogens with zero attached hydrogens (tertiary/aromatic N) is 5. The first-order valence-corrected chi connectivity index (χ1v) is 9.23. The van der Waals surface area contributed by atoms with Crippen LogP contribution in [0.25, 0.3) is 16.9 Å². The second-order valence-corrected chi connectivity index (χ2v) is 7.19. The van der Waals surface area contributed by atoms with Gasteiger partial charge in [0.15, 0.2) is 11.2 Å². The number of hydrogen-bond donors (Lipinski definition) is 1. The van der Waals surface area contributed by atoms with Crippen molar-refractivity contribution in [3.05, 3.63) is 75.3 Å². The Morgan fingerprint density at radius 1 is 1.10 bits per heavy atom. The maximum absolute atomic E-state index is 12.7. The van der Waals surface area contributed by atoms with Gasteiger partial charge in [-0.1, -0.05) is 22.9 Å². The maximum Gasteiger partial charge on any atom is 0.284 e. The molecule has 0 unspecified atom stereocenters. The Balaban J connectivity index is 1.62. The van der Waals surface area contributed by atoms with Crippen molar-refractivity contribution in [1.29, 1.82) is 0 Å². The lowest BCUT2D eigenvalue weighted by atomic mass is 10.1. The van der Waals surface area contributed by atoms with Crippen LogP contribution in [0.15, 0.2) is 53.6 Å². The Morgan fingerprint density at radius 2 is 1.79 bits per heavy atom. The van der Waals surface area contributed by atoms with Gasteiger partial charge in [0.25, 0.3) is 5.56 Å². The molecule has 4 rings (SSSR count). The third-order valence-corrected chi connectivity index (χ3v) is 4.57. The summed E-state index contributed by atoms with van der Waals surface area (Å²) in [4.78, 5) is 29.3. The second-order valence-electron chi connectivity index (χ2n) is 6.75. The van der Waals surface area contributed by atoms with Gasteiger partial charge in [-0.2, -0.15) is 4.68 Å². The van der Waals surface area contributed by atoms with E-state index in [-0.39, 0.29) is 18.0 Å². The molecular formula is C20H17ClN6O2. The smallest absolute Gasteiger partial charge is 0.284 e. The van der Waals surface area contributed by atoms with Crippen LogP contribution >= 0.6 is 11.6 Å². The molecular weight excluding hydrogens is 392 g/mol. The summed E-state index contributed by atoms with van der Waals surface area (Å²) in [5.41, 5.74) is 3.50. The Morgan fingerprint density at radius 3 is 2.48 bits per heavy atom. The van der Waals surface area contributed by atoms with E-state index in [1.165, 1.54) is 15.6 Å². The summed E-state index contributed by atoms with van der Waals surface area (Å²) < 4.78 is 2.73. The third kappa shape index (κ3) is 3.88. The summed E-state index contributed by atoms with van der Waals surface area (Å²) in [5.74, 6) is -0.364. The number of benzene rings is 2. The van der Waals surface area contributed by atoms with E-state index in [9.17, 15) is 9.59 Å². The summed E-state index contributed by atoms with van der Waals surface area (Å²) >= 11 is 5.84. The summed E-state index contributed by atoms with van der Waals surface area (Å²) in [5, 5.41) is 11.3. The van der Waals surface area contributed by atoms with Crippen molar-refractivity contribution in [3.8, 4) is 5.69 Å². The highest BCUT2D eigenvalue weighted by molar-refractivity contribution is 6.30. The average Bonchev–Trinajstić information content (AvgIpc) is 3.10. The van der Waals surface area contributed by atoms with E-state index >= 15 is 0 Å². The topological polar surface area (TPSA) is 94.7 Å². The monoisotopic (exact) mass is 408 g/mol. The molecule has 0 spiro atoms. The number of anilines is 1. The molecule has 0 fully saturated rings. The van der Waals surface area contributed by atoms with Crippen LogP contribution in [0, 0.1) is 13.8 Å². The zero-order valence-corrected chi connectivity index (χ0v) is 16.5. The molecule has 0 aliphatic heterocycles. The SMILES string of the molecule is Cc1cc(C)cc(-n2nnc3c(=O)n(CC(=O)Nc4ccc(Cl)cc4)cnc32)c1. The van der Waals surface area contributed by atoms with Crippen LogP contribution in [-0.2, 0) is 11.3 Å². The Hall–Kier alpha value is -3.52. The van der Waals surface area contributed by atoms with Gasteiger partial charge in [0, 0.05) is 10.7 Å². The van der Waals surface area contributed by atoms with Gasteiger partial charge < -0.3 is 5.32 Å². The van der Waals surface area contributed by atoms with E-state index in [0.29, 0.717) is 16.4 Å². The Bertz CT molecular complexity index is 1260. The molecule has 0 aliphatic carbocycles. The summed E-state index contributed by atoms with van der Waals surface area (Å²) in [6.45, 7) is 3.77. The first-order valence-electron chi connectivity index (χ1n) is 8.85. The predicted octanol–water partition coefficient (Wildman–Crippen LogP) is 2.89. The number of nitrogens with one attached hydrogen (secondary N) is 1. The number of aryl methyl sites for hydroxylation is 2. The van der Waals surface area contributed by atoms with E-state index in [1.54, 1.807) is 24.3 Å². The van der Waals surface area contributed by atoms with Gasteiger partial charge >= 0.3 is 0 Å². The number of rotatable bonds is 4. The van der Waals surface area contributed by atoms with E-state index in [2.05, 4.69) is 20.6 Å². The van der Waals surface area contributed by atoms with Crippen LogP contribution in [-0.4, -0.2) is 30.5 Å². The minimum atomic E-state index is -0.433. The van der Waals surface area contributed by atoms with E-state index < -0.39 is 5.56 Å². The first-order chi connectivity index (χ1) is 13.9. The van der Waals surface area contributed by atoms with Crippen molar-refractivity contribution in [2.75, 3.05) is 5.32 Å². The number of halogens is 1. The van der Waals surface area contributed by atoms with E-state index in [4.69, 9.17) is 11.6 Å². The molecule has 9 heteroatoms. The standard InChI is InChI=1S/C20H17ClN6O2/c1-12-7-13(2)9-16(8-12)27-19-18(24-25-27)20(29)26(11-22-19)10-17(28)23-15-5-3-14(21)4-6-15/h3-9,11H,10H2,1-2H3,(H,23,28). The molecule has 0 radical (unpaired) electrons. The fraction of sp³-hybridized carbons (Fsp3) is 0.150. The summed E-state index contributed by atoms with van der Waals surface area (Å²) in [7, 11) is 0.